The van der Waals surface area contributed by atoms with Gasteiger partial charge in [-0.15, -0.1) is 11.8 Å². The number of rotatable bonds is 6. The van der Waals surface area contributed by atoms with E-state index >= 15 is 0 Å². The first-order valence-corrected chi connectivity index (χ1v) is 10.6. The molecule has 1 N–H and O–H groups in total. The van der Waals surface area contributed by atoms with Crippen molar-refractivity contribution in [1.29, 1.82) is 0 Å². The number of hydrogen-bond donors (Lipinski definition) is 1. The Hall–Kier alpha value is -1.36. The Bertz CT molecular complexity index is 655. The topological polar surface area (TPSA) is 47.6 Å². The van der Waals surface area contributed by atoms with Crippen LogP contribution in [-0.2, 0) is 4.79 Å². The molecule has 26 heavy (non-hydrogen) atoms. The van der Waals surface area contributed by atoms with Crippen molar-refractivity contribution >= 4 is 23.4 Å². The average molecular weight is 376 g/mol. The van der Waals surface area contributed by atoms with Gasteiger partial charge in [-0.1, -0.05) is 0 Å². The molecular formula is C21H29NO3S. The Morgan fingerprint density at radius 1 is 1.08 bits per heavy atom. The number of methoxy groups -OCH3 is 2. The molecule has 0 aliphatic heterocycles. The molecule has 5 rings (SSSR count). The first kappa shape index (κ1) is 18.0. The first-order chi connectivity index (χ1) is 12.5. The van der Waals surface area contributed by atoms with Crippen molar-refractivity contribution in [1.82, 2.24) is 0 Å². The minimum atomic E-state index is -0.0423. The Labute approximate surface area is 160 Å². The molecule has 4 aliphatic carbocycles. The Morgan fingerprint density at radius 3 is 2.19 bits per heavy atom. The molecule has 5 heteroatoms. The molecule has 1 aromatic rings. The maximum Gasteiger partial charge on any atom is 0.237 e. The predicted molar refractivity (Wildman–Crippen MR) is 106 cm³/mol. The summed E-state index contributed by atoms with van der Waals surface area (Å²) in [6.45, 7) is 2.05. The lowest BCUT2D eigenvalue weighted by atomic mass is 9.56. The van der Waals surface area contributed by atoms with E-state index in [2.05, 4.69) is 12.2 Å². The van der Waals surface area contributed by atoms with Crippen LogP contribution in [0.4, 0.5) is 5.69 Å². The molecule has 4 aliphatic rings. The molecule has 1 aromatic carbocycles. The van der Waals surface area contributed by atoms with Crippen molar-refractivity contribution in [3.05, 3.63) is 18.2 Å². The summed E-state index contributed by atoms with van der Waals surface area (Å²) in [7, 11) is 3.22. The third-order valence-electron chi connectivity index (χ3n) is 6.43. The van der Waals surface area contributed by atoms with Gasteiger partial charge in [0.05, 0.1) is 19.5 Å². The van der Waals surface area contributed by atoms with Gasteiger partial charge < -0.3 is 14.8 Å². The summed E-state index contributed by atoms with van der Waals surface area (Å²) in [5.41, 5.74) is 0.755. The van der Waals surface area contributed by atoms with Crippen LogP contribution in [0.3, 0.4) is 0 Å². The molecule has 0 aromatic heterocycles. The molecule has 4 nitrogen and oxygen atoms in total. The molecule has 0 spiro atoms. The monoisotopic (exact) mass is 375 g/mol. The molecule has 4 bridgehead atoms. The maximum atomic E-state index is 12.8. The standard InChI is InChI=1S/C21H29NO3S/c1-13(20(23)22-17-4-5-18(24-2)19(9-17)25-3)26-21-10-14-6-15(11-21)8-16(7-14)12-21/h4-5,9,13-16H,6-8,10-12H2,1-3H3,(H,22,23)/t13-,14?,15?,16?,21?/m0/s1. The minimum absolute atomic E-state index is 0.0423. The molecule has 0 unspecified atom stereocenters. The number of benzene rings is 1. The summed E-state index contributed by atoms with van der Waals surface area (Å²) in [6.07, 6.45) is 8.26. The number of carbonyl (C=O) groups is 1. The number of anilines is 1. The lowest BCUT2D eigenvalue weighted by Crippen LogP contribution is -2.49. The number of carbonyl (C=O) groups excluding carboxylic acids is 1. The van der Waals surface area contributed by atoms with Gasteiger partial charge in [0, 0.05) is 16.5 Å². The summed E-state index contributed by atoms with van der Waals surface area (Å²) in [5, 5.41) is 3.01. The highest BCUT2D eigenvalue weighted by atomic mass is 32.2. The van der Waals surface area contributed by atoms with E-state index in [1.54, 1.807) is 14.2 Å². The third kappa shape index (κ3) is 3.42. The second-order valence-electron chi connectivity index (χ2n) is 8.42. The van der Waals surface area contributed by atoms with E-state index in [-0.39, 0.29) is 11.2 Å². The minimum Gasteiger partial charge on any atom is -0.493 e. The molecular weight excluding hydrogens is 346 g/mol. The van der Waals surface area contributed by atoms with Crippen LogP contribution in [0, 0.1) is 17.8 Å². The van der Waals surface area contributed by atoms with Crippen molar-refractivity contribution < 1.29 is 14.3 Å². The molecule has 1 atom stereocenters. The lowest BCUT2D eigenvalue weighted by Gasteiger charge is -2.57. The van der Waals surface area contributed by atoms with Crippen LogP contribution in [0.1, 0.15) is 45.4 Å². The third-order valence-corrected chi connectivity index (χ3v) is 8.00. The van der Waals surface area contributed by atoms with Gasteiger partial charge in [0.25, 0.3) is 0 Å². The molecule has 4 saturated carbocycles. The quantitative estimate of drug-likeness (QED) is 0.781. The fourth-order valence-corrected chi connectivity index (χ4v) is 7.67. The average Bonchev–Trinajstić information content (AvgIpc) is 2.59. The van der Waals surface area contributed by atoms with Crippen LogP contribution >= 0.6 is 11.8 Å². The molecule has 1 amide bonds. The van der Waals surface area contributed by atoms with Gasteiger partial charge in [0.1, 0.15) is 0 Å². The molecule has 0 saturated heterocycles. The summed E-state index contributed by atoms with van der Waals surface area (Å²) >= 11 is 1.93. The van der Waals surface area contributed by atoms with Crippen molar-refractivity contribution in [3.8, 4) is 11.5 Å². The van der Waals surface area contributed by atoms with Gasteiger partial charge >= 0.3 is 0 Å². The normalized spacial score (nSPS) is 33.0. The van der Waals surface area contributed by atoms with Crippen LogP contribution in [0.25, 0.3) is 0 Å². The zero-order valence-corrected chi connectivity index (χ0v) is 16.7. The molecule has 0 heterocycles. The van der Waals surface area contributed by atoms with Gasteiger partial charge in [-0.2, -0.15) is 0 Å². The second-order valence-corrected chi connectivity index (χ2v) is 10.2. The van der Waals surface area contributed by atoms with Crippen LogP contribution in [0.5, 0.6) is 11.5 Å². The molecule has 0 radical (unpaired) electrons. The van der Waals surface area contributed by atoms with E-state index in [4.69, 9.17) is 9.47 Å². The predicted octanol–water partition coefficient (Wildman–Crippen LogP) is 4.73. The Morgan fingerprint density at radius 2 is 1.65 bits per heavy atom. The summed E-state index contributed by atoms with van der Waals surface area (Å²) in [6, 6.07) is 5.51. The van der Waals surface area contributed by atoms with E-state index in [0.717, 1.165) is 23.4 Å². The van der Waals surface area contributed by atoms with E-state index in [0.29, 0.717) is 16.2 Å². The van der Waals surface area contributed by atoms with Crippen LogP contribution in [0.2, 0.25) is 0 Å². The SMILES string of the molecule is COc1ccc(NC(=O)[C@H](C)SC23CC4CC(CC(C4)C2)C3)cc1OC. The zero-order valence-electron chi connectivity index (χ0n) is 15.9. The fraction of sp³-hybridized carbons (Fsp3) is 0.667. The van der Waals surface area contributed by atoms with Crippen LogP contribution in [-0.4, -0.2) is 30.1 Å². The molecule has 4 fully saturated rings. The maximum absolute atomic E-state index is 12.8. The Balaban J connectivity index is 1.41. The number of thioether (sulfide) groups is 1. The van der Waals surface area contributed by atoms with Crippen LogP contribution < -0.4 is 14.8 Å². The van der Waals surface area contributed by atoms with Crippen molar-refractivity contribution in [2.45, 2.75) is 55.4 Å². The highest BCUT2D eigenvalue weighted by Crippen LogP contribution is 2.61. The summed E-state index contributed by atoms with van der Waals surface area (Å²) in [5.74, 6) is 4.12. The number of nitrogens with one attached hydrogen (secondary N) is 1. The van der Waals surface area contributed by atoms with Crippen LogP contribution in [0.15, 0.2) is 18.2 Å². The van der Waals surface area contributed by atoms with Crippen molar-refractivity contribution in [2.24, 2.45) is 17.8 Å². The Kier molecular flexibility index (Phi) is 4.84. The highest BCUT2D eigenvalue weighted by Gasteiger charge is 2.52. The van der Waals surface area contributed by atoms with Gasteiger partial charge in [0.15, 0.2) is 11.5 Å². The summed E-state index contributed by atoms with van der Waals surface area (Å²) in [4.78, 5) is 12.8. The number of ether oxygens (including phenoxy) is 2. The second kappa shape index (κ2) is 6.99. The zero-order chi connectivity index (χ0) is 18.3. The molecule has 142 valence electrons. The van der Waals surface area contributed by atoms with Gasteiger partial charge in [-0.05, 0) is 75.3 Å². The van der Waals surface area contributed by atoms with Gasteiger partial charge in [-0.25, -0.2) is 0 Å². The summed E-state index contributed by atoms with van der Waals surface area (Å²) < 4.78 is 10.9. The number of hydrogen-bond acceptors (Lipinski definition) is 4. The van der Waals surface area contributed by atoms with E-state index in [1.807, 2.05) is 30.0 Å². The lowest BCUT2D eigenvalue weighted by molar-refractivity contribution is -0.115. The number of amides is 1. The van der Waals surface area contributed by atoms with Crippen molar-refractivity contribution in [2.75, 3.05) is 19.5 Å². The fourth-order valence-electron chi connectivity index (χ4n) is 5.76. The van der Waals surface area contributed by atoms with Gasteiger partial charge in [-0.3, -0.25) is 4.79 Å². The largest absolute Gasteiger partial charge is 0.493 e. The van der Waals surface area contributed by atoms with E-state index in [1.165, 1.54) is 38.5 Å². The smallest absolute Gasteiger partial charge is 0.237 e. The first-order valence-electron chi connectivity index (χ1n) is 9.71. The van der Waals surface area contributed by atoms with E-state index < -0.39 is 0 Å². The van der Waals surface area contributed by atoms with Crippen molar-refractivity contribution in [3.63, 3.8) is 0 Å². The van der Waals surface area contributed by atoms with Gasteiger partial charge in [0.2, 0.25) is 5.91 Å². The highest BCUT2D eigenvalue weighted by molar-refractivity contribution is 8.01. The van der Waals surface area contributed by atoms with E-state index in [9.17, 15) is 4.79 Å².